The van der Waals surface area contributed by atoms with Gasteiger partial charge in [-0.15, -0.1) is 0 Å². The molecule has 0 spiro atoms. The van der Waals surface area contributed by atoms with Crippen molar-refractivity contribution in [1.82, 2.24) is 0 Å². The fourth-order valence-electron chi connectivity index (χ4n) is 2.84. The zero-order chi connectivity index (χ0) is 14.3. The average molecular weight is 270 g/mol. The Hall–Kier alpha value is -2.24. The number of benzene rings is 2. The molecule has 1 N–H and O–H groups in total. The third-order valence-electron chi connectivity index (χ3n) is 3.76. The zero-order valence-corrected chi connectivity index (χ0v) is 11.4. The van der Waals surface area contributed by atoms with Gasteiger partial charge in [0.25, 0.3) is 0 Å². The quantitative estimate of drug-likeness (QED) is 0.850. The summed E-state index contributed by atoms with van der Waals surface area (Å²) in [6.07, 6.45) is 0.00676. The SMILES string of the molecule is CN1c2ccccc2N(C)C1c1cccc(N([O-])O)c1. The molecule has 0 aromatic heterocycles. The molecule has 2 aromatic rings. The van der Waals surface area contributed by atoms with E-state index in [4.69, 9.17) is 5.21 Å². The normalized spacial score (nSPS) is 14.6. The fourth-order valence-corrected chi connectivity index (χ4v) is 2.84. The van der Waals surface area contributed by atoms with Gasteiger partial charge >= 0.3 is 0 Å². The fraction of sp³-hybridized carbons (Fsp3) is 0.200. The highest BCUT2D eigenvalue weighted by Gasteiger charge is 2.31. The standard InChI is InChI=1S/C15H16N3O2/c1-16-13-8-3-4-9-14(13)17(2)15(16)11-6-5-7-12(10-11)18(19)20/h3-10,15,19H,1-2H3/q-1. The van der Waals surface area contributed by atoms with Gasteiger partial charge in [0, 0.05) is 14.1 Å². The van der Waals surface area contributed by atoms with E-state index in [-0.39, 0.29) is 17.1 Å². The van der Waals surface area contributed by atoms with E-state index in [0.29, 0.717) is 0 Å². The molecular formula is C15H16N3O2-. The highest BCUT2D eigenvalue weighted by Crippen LogP contribution is 2.44. The average Bonchev–Trinajstić information content (AvgIpc) is 2.72. The molecule has 0 atom stereocenters. The summed E-state index contributed by atoms with van der Waals surface area (Å²) < 4.78 is 0. The van der Waals surface area contributed by atoms with E-state index >= 15 is 0 Å². The number of hydrogen-bond acceptors (Lipinski definition) is 5. The van der Waals surface area contributed by atoms with Crippen LogP contribution >= 0.6 is 0 Å². The van der Waals surface area contributed by atoms with Gasteiger partial charge in [0.2, 0.25) is 0 Å². The molecule has 0 radical (unpaired) electrons. The second-order valence-electron chi connectivity index (χ2n) is 4.95. The molecule has 0 saturated carbocycles. The summed E-state index contributed by atoms with van der Waals surface area (Å²) in [6, 6.07) is 15.2. The smallest absolute Gasteiger partial charge is 0.128 e. The van der Waals surface area contributed by atoms with Crippen LogP contribution in [0.3, 0.4) is 0 Å². The minimum Gasteiger partial charge on any atom is -0.733 e. The largest absolute Gasteiger partial charge is 0.733 e. The summed E-state index contributed by atoms with van der Waals surface area (Å²) >= 11 is 0. The van der Waals surface area contributed by atoms with Gasteiger partial charge in [0.1, 0.15) is 6.17 Å². The molecule has 1 aliphatic rings. The van der Waals surface area contributed by atoms with Crippen LogP contribution in [0.15, 0.2) is 48.5 Å². The van der Waals surface area contributed by atoms with Crippen molar-refractivity contribution in [2.45, 2.75) is 6.17 Å². The van der Waals surface area contributed by atoms with Gasteiger partial charge in [0.15, 0.2) is 0 Å². The van der Waals surface area contributed by atoms with Crippen molar-refractivity contribution < 1.29 is 5.21 Å². The summed E-state index contributed by atoms with van der Waals surface area (Å²) in [7, 11) is 4.04. The summed E-state index contributed by atoms with van der Waals surface area (Å²) in [4.78, 5) is 4.31. The molecule has 3 rings (SSSR count). The van der Waals surface area contributed by atoms with Gasteiger partial charge in [-0.2, -0.15) is 0 Å². The Bertz CT molecular complexity index is 601. The van der Waals surface area contributed by atoms with E-state index in [2.05, 4.69) is 21.9 Å². The Balaban J connectivity index is 2.02. The van der Waals surface area contributed by atoms with E-state index in [9.17, 15) is 5.21 Å². The van der Waals surface area contributed by atoms with Gasteiger partial charge in [-0.25, -0.2) is 0 Å². The minimum absolute atomic E-state index is 0.00676. The van der Waals surface area contributed by atoms with Crippen LogP contribution in [0.1, 0.15) is 11.7 Å². The zero-order valence-electron chi connectivity index (χ0n) is 11.4. The highest BCUT2D eigenvalue weighted by atomic mass is 16.8. The van der Waals surface area contributed by atoms with Gasteiger partial charge in [0.05, 0.1) is 17.1 Å². The maximum atomic E-state index is 11.0. The monoisotopic (exact) mass is 270 g/mol. The number of rotatable bonds is 2. The van der Waals surface area contributed by atoms with Crippen LogP contribution in [0, 0.1) is 5.21 Å². The first-order valence-electron chi connectivity index (χ1n) is 6.40. The molecule has 1 heterocycles. The molecule has 1 aliphatic heterocycles. The topological polar surface area (TPSA) is 53.0 Å². The number of anilines is 3. The molecule has 0 saturated heterocycles. The number of fused-ring (bicyclic) bond motifs is 1. The predicted octanol–water partition coefficient (Wildman–Crippen LogP) is 2.96. The molecule has 5 heteroatoms. The van der Waals surface area contributed by atoms with Crippen LogP contribution in [-0.4, -0.2) is 19.3 Å². The lowest BCUT2D eigenvalue weighted by Crippen LogP contribution is -2.30. The van der Waals surface area contributed by atoms with Crippen molar-refractivity contribution in [3.63, 3.8) is 0 Å². The highest BCUT2D eigenvalue weighted by molar-refractivity contribution is 5.77. The van der Waals surface area contributed by atoms with Crippen LogP contribution in [0.5, 0.6) is 0 Å². The first-order chi connectivity index (χ1) is 9.59. The molecule has 0 aliphatic carbocycles. The van der Waals surface area contributed by atoms with E-state index in [1.807, 2.05) is 32.3 Å². The van der Waals surface area contributed by atoms with Crippen LogP contribution in [-0.2, 0) is 0 Å². The molecule has 2 aromatic carbocycles. The second kappa shape index (κ2) is 4.70. The van der Waals surface area contributed by atoms with Crippen molar-refractivity contribution >= 4 is 17.1 Å². The van der Waals surface area contributed by atoms with Crippen molar-refractivity contribution in [2.24, 2.45) is 0 Å². The summed E-state index contributed by atoms with van der Waals surface area (Å²) in [5.41, 5.74) is 3.49. The summed E-state index contributed by atoms with van der Waals surface area (Å²) in [5.74, 6) is 0. The van der Waals surface area contributed by atoms with Crippen LogP contribution < -0.4 is 15.0 Å². The predicted molar refractivity (Wildman–Crippen MR) is 80.1 cm³/mol. The van der Waals surface area contributed by atoms with E-state index < -0.39 is 0 Å². The van der Waals surface area contributed by atoms with Crippen LogP contribution in [0.2, 0.25) is 0 Å². The van der Waals surface area contributed by atoms with E-state index in [0.717, 1.165) is 16.9 Å². The molecule has 20 heavy (non-hydrogen) atoms. The van der Waals surface area contributed by atoms with Gasteiger partial charge in [-0.3, -0.25) is 5.21 Å². The number of nitrogens with zero attached hydrogens (tertiary/aromatic N) is 3. The van der Waals surface area contributed by atoms with E-state index in [1.54, 1.807) is 18.2 Å². The minimum atomic E-state index is -0.106. The summed E-state index contributed by atoms with van der Waals surface area (Å²) in [5, 5.41) is 20.0. The molecule has 0 bridgehead atoms. The molecule has 104 valence electrons. The van der Waals surface area contributed by atoms with Crippen molar-refractivity contribution in [3.05, 3.63) is 59.3 Å². The lowest BCUT2D eigenvalue weighted by Gasteiger charge is -2.30. The Labute approximate surface area is 117 Å². The first kappa shape index (κ1) is 12.8. The van der Waals surface area contributed by atoms with Gasteiger partial charge in [-0.1, -0.05) is 24.3 Å². The molecule has 0 amide bonds. The van der Waals surface area contributed by atoms with Crippen LogP contribution in [0.4, 0.5) is 17.1 Å². The Kier molecular flexibility index (Phi) is 3.00. The number of para-hydroxylation sites is 2. The molecular weight excluding hydrogens is 254 g/mol. The van der Waals surface area contributed by atoms with Gasteiger partial charge in [-0.05, 0) is 29.8 Å². The Morgan fingerprint density at radius 2 is 1.60 bits per heavy atom. The maximum absolute atomic E-state index is 11.0. The van der Waals surface area contributed by atoms with E-state index in [1.165, 1.54) is 0 Å². The number of hydrogen-bond donors (Lipinski definition) is 1. The van der Waals surface area contributed by atoms with Gasteiger partial charge < -0.3 is 20.2 Å². The third-order valence-corrected chi connectivity index (χ3v) is 3.76. The molecule has 0 unspecified atom stereocenters. The van der Waals surface area contributed by atoms with Crippen molar-refractivity contribution in [3.8, 4) is 0 Å². The first-order valence-corrected chi connectivity index (χ1v) is 6.40. The lowest BCUT2D eigenvalue weighted by molar-refractivity contribution is 0.296. The lowest BCUT2D eigenvalue weighted by atomic mass is 10.1. The van der Waals surface area contributed by atoms with Crippen molar-refractivity contribution in [2.75, 3.05) is 29.1 Å². The summed E-state index contributed by atoms with van der Waals surface area (Å²) in [6.45, 7) is 0. The Morgan fingerprint density at radius 3 is 2.15 bits per heavy atom. The Morgan fingerprint density at radius 1 is 1.00 bits per heavy atom. The molecule has 0 fully saturated rings. The second-order valence-corrected chi connectivity index (χ2v) is 4.95. The third kappa shape index (κ3) is 1.88. The van der Waals surface area contributed by atoms with Crippen molar-refractivity contribution in [1.29, 1.82) is 0 Å². The molecule has 5 nitrogen and oxygen atoms in total. The maximum Gasteiger partial charge on any atom is 0.128 e. The van der Waals surface area contributed by atoms with Crippen LogP contribution in [0.25, 0.3) is 0 Å².